The van der Waals surface area contributed by atoms with Gasteiger partial charge in [-0.3, -0.25) is 14.9 Å². The Hall–Kier alpha value is -2.60. The highest BCUT2D eigenvalue weighted by atomic mass is 32.2. The van der Waals surface area contributed by atoms with Gasteiger partial charge in [-0.25, -0.2) is 0 Å². The van der Waals surface area contributed by atoms with Gasteiger partial charge in [0.15, 0.2) is 0 Å². The largest absolute Gasteiger partial charge is 0.337 e. The Morgan fingerprint density at radius 1 is 1.12 bits per heavy atom. The zero-order chi connectivity index (χ0) is 17.5. The van der Waals surface area contributed by atoms with E-state index in [0.29, 0.717) is 24.5 Å². The summed E-state index contributed by atoms with van der Waals surface area (Å²) < 4.78 is 0. The van der Waals surface area contributed by atoms with Gasteiger partial charge in [-0.05, 0) is 37.3 Å². The van der Waals surface area contributed by atoms with Gasteiger partial charge in [0.2, 0.25) is 0 Å². The fraction of sp³-hybridized carbons (Fsp3) is 0.211. The molecule has 3 aromatic rings. The summed E-state index contributed by atoms with van der Waals surface area (Å²) in [6, 6.07) is 17.6. The Morgan fingerprint density at radius 2 is 1.92 bits per heavy atom. The molecule has 0 unspecified atom stereocenters. The van der Waals surface area contributed by atoms with Gasteiger partial charge in [-0.1, -0.05) is 24.3 Å². The monoisotopic (exact) mass is 352 g/mol. The molecule has 0 fully saturated rings. The molecule has 2 aromatic heterocycles. The third kappa shape index (κ3) is 4.48. The molecule has 3 rings (SSSR count). The molecule has 0 spiro atoms. The van der Waals surface area contributed by atoms with Gasteiger partial charge in [-0.15, -0.1) is 11.8 Å². The molecule has 0 saturated heterocycles. The van der Waals surface area contributed by atoms with Crippen LogP contribution in [0.2, 0.25) is 0 Å². The van der Waals surface area contributed by atoms with Crippen LogP contribution in [-0.2, 0) is 0 Å². The number of carbonyl (C=O) groups excluding carboxylic acids is 1. The lowest BCUT2D eigenvalue weighted by molar-refractivity contribution is 0.0768. The maximum atomic E-state index is 12.7. The van der Waals surface area contributed by atoms with Crippen LogP contribution in [0, 0.1) is 0 Å². The molecule has 1 amide bonds. The minimum absolute atomic E-state index is 0.0363. The zero-order valence-electron chi connectivity index (χ0n) is 14.1. The number of thioether (sulfide) groups is 1. The molecular weight excluding hydrogens is 332 g/mol. The van der Waals surface area contributed by atoms with E-state index in [1.165, 1.54) is 4.90 Å². The molecule has 0 atom stereocenters. The van der Waals surface area contributed by atoms with E-state index in [9.17, 15) is 4.79 Å². The number of pyridine rings is 1. The summed E-state index contributed by atoms with van der Waals surface area (Å²) in [5.74, 6) is 0.816. The minimum Gasteiger partial charge on any atom is -0.337 e. The lowest BCUT2D eigenvalue weighted by Gasteiger charge is -2.19. The summed E-state index contributed by atoms with van der Waals surface area (Å²) in [5, 5.41) is 7.05. The summed E-state index contributed by atoms with van der Waals surface area (Å²) in [7, 11) is 0. The van der Waals surface area contributed by atoms with Gasteiger partial charge >= 0.3 is 0 Å². The Bertz CT molecular complexity index is 805. The Morgan fingerprint density at radius 3 is 2.64 bits per heavy atom. The topological polar surface area (TPSA) is 61.9 Å². The van der Waals surface area contributed by atoms with Crippen molar-refractivity contribution < 1.29 is 4.79 Å². The van der Waals surface area contributed by atoms with Crippen molar-refractivity contribution in [3.63, 3.8) is 0 Å². The Kier molecular flexibility index (Phi) is 5.85. The molecule has 0 bridgehead atoms. The first kappa shape index (κ1) is 17.2. The Labute approximate surface area is 151 Å². The number of benzene rings is 1. The van der Waals surface area contributed by atoms with Crippen LogP contribution in [0.1, 0.15) is 17.4 Å². The lowest BCUT2D eigenvalue weighted by atomic mass is 10.2. The van der Waals surface area contributed by atoms with Gasteiger partial charge in [0, 0.05) is 29.9 Å². The van der Waals surface area contributed by atoms with Gasteiger partial charge in [-0.2, -0.15) is 5.10 Å². The summed E-state index contributed by atoms with van der Waals surface area (Å²) in [6.07, 6.45) is 1.71. The molecule has 5 nitrogen and oxygen atoms in total. The van der Waals surface area contributed by atoms with E-state index in [4.69, 9.17) is 0 Å². The smallest absolute Gasteiger partial charge is 0.271 e. The molecule has 0 radical (unpaired) electrons. The predicted molar refractivity (Wildman–Crippen MR) is 101 cm³/mol. The van der Waals surface area contributed by atoms with E-state index < -0.39 is 0 Å². The van der Waals surface area contributed by atoms with Gasteiger partial charge in [0.1, 0.15) is 11.4 Å². The van der Waals surface area contributed by atoms with E-state index in [1.807, 2.05) is 48.2 Å². The van der Waals surface area contributed by atoms with Crippen LogP contribution in [0.25, 0.3) is 11.4 Å². The standard InChI is InChI=1S/C19H20N4OS/c1-2-23(12-13-25-15-8-4-3-5-9-15)19(24)18-14-17(21-22-18)16-10-6-7-11-20-16/h3-11,14H,2,12-13H2,1H3,(H,21,22). The fourth-order valence-corrected chi connectivity index (χ4v) is 3.34. The highest BCUT2D eigenvalue weighted by molar-refractivity contribution is 7.99. The third-order valence-corrected chi connectivity index (χ3v) is 4.77. The molecule has 25 heavy (non-hydrogen) atoms. The highest BCUT2D eigenvalue weighted by Crippen LogP contribution is 2.18. The van der Waals surface area contributed by atoms with Crippen molar-refractivity contribution in [1.29, 1.82) is 0 Å². The summed E-state index contributed by atoms with van der Waals surface area (Å²) in [5.41, 5.74) is 1.92. The van der Waals surface area contributed by atoms with Crippen LogP contribution in [0.15, 0.2) is 65.7 Å². The van der Waals surface area contributed by atoms with Crippen LogP contribution in [0.3, 0.4) is 0 Å². The van der Waals surface area contributed by atoms with E-state index >= 15 is 0 Å². The van der Waals surface area contributed by atoms with E-state index in [0.717, 1.165) is 11.4 Å². The van der Waals surface area contributed by atoms with Gasteiger partial charge in [0.05, 0.1) is 5.69 Å². The van der Waals surface area contributed by atoms with Crippen molar-refractivity contribution in [2.45, 2.75) is 11.8 Å². The molecule has 2 heterocycles. The van der Waals surface area contributed by atoms with Crippen molar-refractivity contribution in [2.75, 3.05) is 18.8 Å². The SMILES string of the molecule is CCN(CCSc1ccccc1)C(=O)c1cc(-c2ccccn2)n[nH]1. The Balaban J connectivity index is 1.61. The molecule has 0 aliphatic heterocycles. The van der Waals surface area contributed by atoms with Crippen molar-refractivity contribution in [3.8, 4) is 11.4 Å². The fourth-order valence-electron chi connectivity index (χ4n) is 2.44. The number of aromatic nitrogens is 3. The van der Waals surface area contributed by atoms with Crippen molar-refractivity contribution in [1.82, 2.24) is 20.1 Å². The maximum Gasteiger partial charge on any atom is 0.271 e. The first-order valence-corrected chi connectivity index (χ1v) is 9.20. The number of aromatic amines is 1. The van der Waals surface area contributed by atoms with E-state index in [-0.39, 0.29) is 5.91 Å². The molecule has 6 heteroatoms. The normalized spacial score (nSPS) is 10.6. The van der Waals surface area contributed by atoms with Crippen LogP contribution in [0.4, 0.5) is 0 Å². The van der Waals surface area contributed by atoms with Crippen LogP contribution in [-0.4, -0.2) is 44.8 Å². The quantitative estimate of drug-likeness (QED) is 0.658. The number of hydrogen-bond donors (Lipinski definition) is 1. The van der Waals surface area contributed by atoms with Crippen molar-refractivity contribution in [2.24, 2.45) is 0 Å². The van der Waals surface area contributed by atoms with Crippen LogP contribution in [0.5, 0.6) is 0 Å². The average Bonchev–Trinajstić information content (AvgIpc) is 3.16. The third-order valence-electron chi connectivity index (χ3n) is 3.78. The zero-order valence-corrected chi connectivity index (χ0v) is 14.9. The summed E-state index contributed by atoms with van der Waals surface area (Å²) in [4.78, 5) is 20.0. The molecule has 0 aliphatic rings. The number of hydrogen-bond acceptors (Lipinski definition) is 4. The highest BCUT2D eigenvalue weighted by Gasteiger charge is 2.17. The average molecular weight is 352 g/mol. The maximum absolute atomic E-state index is 12.7. The van der Waals surface area contributed by atoms with Gasteiger partial charge < -0.3 is 4.90 Å². The van der Waals surface area contributed by atoms with Crippen LogP contribution >= 0.6 is 11.8 Å². The van der Waals surface area contributed by atoms with Crippen LogP contribution < -0.4 is 0 Å². The number of nitrogens with zero attached hydrogens (tertiary/aromatic N) is 3. The first-order chi connectivity index (χ1) is 12.3. The molecule has 0 saturated carbocycles. The molecule has 128 valence electrons. The summed E-state index contributed by atoms with van der Waals surface area (Å²) in [6.45, 7) is 3.33. The summed E-state index contributed by atoms with van der Waals surface area (Å²) >= 11 is 1.75. The molecule has 1 aromatic carbocycles. The van der Waals surface area contributed by atoms with E-state index in [2.05, 4.69) is 27.3 Å². The molecule has 1 N–H and O–H groups in total. The lowest BCUT2D eigenvalue weighted by Crippen LogP contribution is -2.33. The second-order valence-electron chi connectivity index (χ2n) is 5.43. The number of amides is 1. The minimum atomic E-state index is -0.0363. The van der Waals surface area contributed by atoms with E-state index in [1.54, 1.807) is 24.0 Å². The second-order valence-corrected chi connectivity index (χ2v) is 6.60. The van der Waals surface area contributed by atoms with Crippen molar-refractivity contribution >= 4 is 17.7 Å². The van der Waals surface area contributed by atoms with Crippen molar-refractivity contribution in [3.05, 3.63) is 66.5 Å². The second kappa shape index (κ2) is 8.48. The number of nitrogens with one attached hydrogen (secondary N) is 1. The van der Waals surface area contributed by atoms with Gasteiger partial charge in [0.25, 0.3) is 5.91 Å². The first-order valence-electron chi connectivity index (χ1n) is 8.22. The predicted octanol–water partition coefficient (Wildman–Crippen LogP) is 3.73. The molecule has 0 aliphatic carbocycles. The molecular formula is C19H20N4OS. The number of rotatable bonds is 7. The number of carbonyl (C=O) groups is 1. The number of H-pyrrole nitrogens is 1.